The summed E-state index contributed by atoms with van der Waals surface area (Å²) < 4.78 is 5.05. The molecule has 0 spiro atoms. The number of hydrogen-bond donors (Lipinski definition) is 0. The predicted molar refractivity (Wildman–Crippen MR) is 81.1 cm³/mol. The van der Waals surface area contributed by atoms with Gasteiger partial charge in [-0.2, -0.15) is 0 Å². The lowest BCUT2D eigenvalue weighted by molar-refractivity contribution is -0.128. The topological polar surface area (TPSA) is 55.3 Å². The van der Waals surface area contributed by atoms with Crippen molar-refractivity contribution in [3.8, 4) is 0 Å². The molecule has 1 aromatic heterocycles. The quantitative estimate of drug-likeness (QED) is 0.804. The Labute approximate surface area is 126 Å². The van der Waals surface area contributed by atoms with Crippen molar-refractivity contribution in [1.29, 1.82) is 0 Å². The number of carbonyl (C=O) groups is 1. The number of aryl methyl sites for hydroxylation is 1. The molecule has 21 heavy (non-hydrogen) atoms. The molecule has 0 aliphatic carbocycles. The molecule has 0 aromatic carbocycles. The molecule has 1 atom stereocenters. The van der Waals surface area contributed by atoms with Crippen molar-refractivity contribution in [2.75, 3.05) is 26.8 Å². The van der Waals surface area contributed by atoms with Crippen molar-refractivity contribution < 1.29 is 9.53 Å². The minimum Gasteiger partial charge on any atom is -0.383 e. The van der Waals surface area contributed by atoms with Gasteiger partial charge in [0.15, 0.2) is 0 Å². The summed E-state index contributed by atoms with van der Waals surface area (Å²) in [4.78, 5) is 22.9. The fourth-order valence-corrected chi connectivity index (χ4v) is 2.76. The van der Waals surface area contributed by atoms with Crippen molar-refractivity contribution >= 4 is 5.91 Å². The van der Waals surface area contributed by atoms with E-state index in [0.29, 0.717) is 31.4 Å². The van der Waals surface area contributed by atoms with Gasteiger partial charge in [-0.1, -0.05) is 13.8 Å². The first-order valence-corrected chi connectivity index (χ1v) is 7.60. The number of methoxy groups -OCH3 is 1. The van der Waals surface area contributed by atoms with Crippen molar-refractivity contribution in [2.45, 2.75) is 39.5 Å². The molecule has 1 aromatic rings. The third kappa shape index (κ3) is 4.24. The monoisotopic (exact) mass is 291 g/mol. The Hall–Kier alpha value is -1.49. The molecule has 5 heteroatoms. The van der Waals surface area contributed by atoms with Gasteiger partial charge in [0.2, 0.25) is 5.91 Å². The molecule has 0 saturated carbocycles. The van der Waals surface area contributed by atoms with E-state index in [0.717, 1.165) is 30.2 Å². The molecule has 2 rings (SSSR count). The normalized spacial score (nSPS) is 18.8. The third-order valence-corrected chi connectivity index (χ3v) is 3.86. The van der Waals surface area contributed by atoms with E-state index in [2.05, 4.69) is 29.9 Å². The van der Waals surface area contributed by atoms with Crippen molar-refractivity contribution in [2.24, 2.45) is 5.92 Å². The number of ether oxygens (including phenoxy) is 1. The highest BCUT2D eigenvalue weighted by Gasteiger charge is 2.29. The molecular weight excluding hydrogens is 266 g/mol. The van der Waals surface area contributed by atoms with E-state index in [1.54, 1.807) is 7.11 Å². The van der Waals surface area contributed by atoms with Crippen LogP contribution in [0.3, 0.4) is 0 Å². The fourth-order valence-electron chi connectivity index (χ4n) is 2.76. The highest BCUT2D eigenvalue weighted by atomic mass is 16.5. The summed E-state index contributed by atoms with van der Waals surface area (Å²) in [5, 5.41) is 0. The molecule has 1 aliphatic heterocycles. The highest BCUT2D eigenvalue weighted by molar-refractivity contribution is 5.78. The standard InChI is InChI=1S/C16H25N3O2/c1-11(2)15-9-14(17-12(3)18-15)7-13-8-16(20)19(10-13)5-6-21-4/h9,11,13H,5-8,10H2,1-4H3/t13-/m1/s1. The molecule has 0 N–H and O–H groups in total. The Morgan fingerprint density at radius 3 is 2.86 bits per heavy atom. The zero-order valence-electron chi connectivity index (χ0n) is 13.4. The van der Waals surface area contributed by atoms with E-state index in [1.807, 2.05) is 11.8 Å². The molecule has 0 unspecified atom stereocenters. The van der Waals surface area contributed by atoms with Crippen LogP contribution in [-0.2, 0) is 16.0 Å². The van der Waals surface area contributed by atoms with E-state index >= 15 is 0 Å². The molecule has 0 radical (unpaired) electrons. The fraction of sp³-hybridized carbons (Fsp3) is 0.688. The Kier molecular flexibility index (Phi) is 5.28. The summed E-state index contributed by atoms with van der Waals surface area (Å²) in [5.41, 5.74) is 2.13. The zero-order chi connectivity index (χ0) is 15.4. The van der Waals surface area contributed by atoms with Crippen LogP contribution in [0.15, 0.2) is 6.07 Å². The summed E-state index contributed by atoms with van der Waals surface area (Å²) in [6.07, 6.45) is 1.46. The average Bonchev–Trinajstić information content (AvgIpc) is 2.75. The van der Waals surface area contributed by atoms with Gasteiger partial charge in [-0.3, -0.25) is 4.79 Å². The third-order valence-electron chi connectivity index (χ3n) is 3.86. The lowest BCUT2D eigenvalue weighted by Crippen LogP contribution is -2.29. The lowest BCUT2D eigenvalue weighted by atomic mass is 10.0. The van der Waals surface area contributed by atoms with Crippen LogP contribution in [0.4, 0.5) is 0 Å². The molecule has 0 bridgehead atoms. The van der Waals surface area contributed by atoms with Gasteiger partial charge in [0.05, 0.1) is 6.61 Å². The number of hydrogen-bond acceptors (Lipinski definition) is 4. The number of aromatic nitrogens is 2. The molecule has 2 heterocycles. The molecule has 1 aliphatic rings. The summed E-state index contributed by atoms with van der Waals surface area (Å²) in [6, 6.07) is 2.08. The minimum absolute atomic E-state index is 0.229. The zero-order valence-corrected chi connectivity index (χ0v) is 13.4. The SMILES string of the molecule is COCCN1C[C@H](Cc2cc(C(C)C)nc(C)n2)CC1=O. The van der Waals surface area contributed by atoms with Crippen LogP contribution in [0.5, 0.6) is 0 Å². The van der Waals surface area contributed by atoms with Crippen LogP contribution < -0.4 is 0 Å². The lowest BCUT2D eigenvalue weighted by Gasteiger charge is -2.16. The summed E-state index contributed by atoms with van der Waals surface area (Å²) >= 11 is 0. The Morgan fingerprint density at radius 2 is 2.19 bits per heavy atom. The van der Waals surface area contributed by atoms with Gasteiger partial charge in [0.25, 0.3) is 0 Å². The van der Waals surface area contributed by atoms with E-state index in [9.17, 15) is 4.79 Å². The second-order valence-electron chi connectivity index (χ2n) is 6.09. The van der Waals surface area contributed by atoms with Crippen molar-refractivity contribution in [3.63, 3.8) is 0 Å². The second-order valence-corrected chi connectivity index (χ2v) is 6.09. The Bertz CT molecular complexity index is 502. The van der Waals surface area contributed by atoms with E-state index in [1.165, 1.54) is 0 Å². The van der Waals surface area contributed by atoms with E-state index in [4.69, 9.17) is 4.74 Å². The first kappa shape index (κ1) is 15.9. The smallest absolute Gasteiger partial charge is 0.223 e. The van der Waals surface area contributed by atoms with Crippen LogP contribution >= 0.6 is 0 Å². The van der Waals surface area contributed by atoms with Crippen LogP contribution in [0.1, 0.15) is 43.4 Å². The number of rotatable bonds is 6. The second kappa shape index (κ2) is 6.98. The van der Waals surface area contributed by atoms with Gasteiger partial charge < -0.3 is 9.64 Å². The van der Waals surface area contributed by atoms with Gasteiger partial charge in [-0.05, 0) is 31.2 Å². The van der Waals surface area contributed by atoms with Gasteiger partial charge in [-0.25, -0.2) is 9.97 Å². The molecule has 1 amide bonds. The molecular formula is C16H25N3O2. The number of amides is 1. The van der Waals surface area contributed by atoms with Gasteiger partial charge in [-0.15, -0.1) is 0 Å². The first-order valence-electron chi connectivity index (χ1n) is 7.60. The summed E-state index contributed by atoms with van der Waals surface area (Å²) in [7, 11) is 1.66. The minimum atomic E-state index is 0.229. The largest absolute Gasteiger partial charge is 0.383 e. The average molecular weight is 291 g/mol. The summed E-state index contributed by atoms with van der Waals surface area (Å²) in [6.45, 7) is 8.30. The van der Waals surface area contributed by atoms with Crippen LogP contribution in [-0.4, -0.2) is 47.6 Å². The predicted octanol–water partition coefficient (Wildman–Crippen LogP) is 1.95. The highest BCUT2D eigenvalue weighted by Crippen LogP contribution is 2.22. The van der Waals surface area contributed by atoms with Gasteiger partial charge in [0, 0.05) is 38.0 Å². The Balaban J connectivity index is 2.01. The molecule has 116 valence electrons. The van der Waals surface area contributed by atoms with Crippen LogP contribution in [0, 0.1) is 12.8 Å². The van der Waals surface area contributed by atoms with Crippen molar-refractivity contribution in [1.82, 2.24) is 14.9 Å². The van der Waals surface area contributed by atoms with Crippen LogP contribution in [0.25, 0.3) is 0 Å². The maximum absolute atomic E-state index is 12.0. The van der Waals surface area contributed by atoms with Crippen molar-refractivity contribution in [3.05, 3.63) is 23.3 Å². The molecule has 5 nitrogen and oxygen atoms in total. The van der Waals surface area contributed by atoms with Crippen LogP contribution in [0.2, 0.25) is 0 Å². The first-order chi connectivity index (χ1) is 9.99. The maximum Gasteiger partial charge on any atom is 0.223 e. The van der Waals surface area contributed by atoms with E-state index in [-0.39, 0.29) is 5.91 Å². The Morgan fingerprint density at radius 1 is 1.43 bits per heavy atom. The molecule has 1 fully saturated rings. The number of likely N-dealkylation sites (tertiary alicyclic amines) is 1. The summed E-state index contributed by atoms with van der Waals surface area (Å²) in [5.74, 6) is 1.79. The number of nitrogens with zero attached hydrogens (tertiary/aromatic N) is 3. The molecule has 1 saturated heterocycles. The van der Waals surface area contributed by atoms with Gasteiger partial charge in [0.1, 0.15) is 5.82 Å². The van der Waals surface area contributed by atoms with E-state index < -0.39 is 0 Å². The number of carbonyl (C=O) groups excluding carboxylic acids is 1. The maximum atomic E-state index is 12.0. The van der Waals surface area contributed by atoms with Gasteiger partial charge >= 0.3 is 0 Å².